The van der Waals surface area contributed by atoms with Gasteiger partial charge in [0.05, 0.1) is 15.1 Å². The van der Waals surface area contributed by atoms with Gasteiger partial charge >= 0.3 is 0 Å². The van der Waals surface area contributed by atoms with Gasteiger partial charge in [-0.2, -0.15) is 0 Å². The number of halogens is 2. The molecule has 0 saturated carbocycles. The Bertz CT molecular complexity index is 1070. The van der Waals surface area contributed by atoms with Crippen LogP contribution in [0, 0.1) is 10.1 Å². The molecule has 2 aromatic carbocycles. The number of hydrogen-bond acceptors (Lipinski definition) is 6. The number of carbonyl (C=O) groups is 1. The quantitative estimate of drug-likeness (QED) is 0.357. The molecule has 0 fully saturated rings. The third-order valence-electron chi connectivity index (χ3n) is 4.48. The van der Waals surface area contributed by atoms with Crippen LogP contribution in [-0.2, 0) is 6.42 Å². The van der Waals surface area contributed by atoms with Crippen molar-refractivity contribution in [2.24, 2.45) is 0 Å². The average molecular weight is 469 g/mol. The van der Waals surface area contributed by atoms with E-state index in [1.807, 2.05) is 31.1 Å². The van der Waals surface area contributed by atoms with Gasteiger partial charge < -0.3 is 4.90 Å². The highest BCUT2D eigenvalue weighted by atomic mass is 35.5. The predicted octanol–water partition coefficient (Wildman–Crippen LogP) is 5.05. The van der Waals surface area contributed by atoms with Gasteiger partial charge in [0.1, 0.15) is 5.56 Å². The molecule has 0 bridgehead atoms. The fraction of sp³-hybridized carbons (Fsp3) is 0.300. The summed E-state index contributed by atoms with van der Waals surface area (Å²) in [5.41, 5.74) is 1.66. The molecule has 0 saturated heterocycles. The van der Waals surface area contributed by atoms with Crippen molar-refractivity contribution in [3.8, 4) is 0 Å². The Labute approximate surface area is 189 Å². The lowest BCUT2D eigenvalue weighted by atomic mass is 10.1. The highest BCUT2D eigenvalue weighted by molar-refractivity contribution is 7.22. The number of aryl methyl sites for hydroxylation is 1. The number of likely N-dealkylation sites (N-methyl/N-ethyl adjacent to an activating group) is 1. The van der Waals surface area contributed by atoms with Crippen LogP contribution in [0.2, 0.25) is 5.02 Å². The first-order valence-corrected chi connectivity index (χ1v) is 10.3. The van der Waals surface area contributed by atoms with Crippen molar-refractivity contribution >= 4 is 62.3 Å². The molecular formula is C20H22Cl2N4O3S. The van der Waals surface area contributed by atoms with Crippen molar-refractivity contribution in [2.75, 3.05) is 32.1 Å². The minimum absolute atomic E-state index is 0. The van der Waals surface area contributed by atoms with Crippen LogP contribution in [0.1, 0.15) is 22.8 Å². The molecule has 3 aromatic rings. The zero-order chi connectivity index (χ0) is 21.1. The van der Waals surface area contributed by atoms with E-state index < -0.39 is 10.8 Å². The topological polar surface area (TPSA) is 79.6 Å². The summed E-state index contributed by atoms with van der Waals surface area (Å²) in [5.74, 6) is -0.490. The van der Waals surface area contributed by atoms with E-state index in [1.165, 1.54) is 40.0 Å². The third kappa shape index (κ3) is 5.26. The molecule has 30 heavy (non-hydrogen) atoms. The van der Waals surface area contributed by atoms with Crippen molar-refractivity contribution < 1.29 is 9.72 Å². The predicted molar refractivity (Wildman–Crippen MR) is 125 cm³/mol. The van der Waals surface area contributed by atoms with E-state index in [1.54, 1.807) is 0 Å². The van der Waals surface area contributed by atoms with Crippen molar-refractivity contribution in [3.63, 3.8) is 0 Å². The van der Waals surface area contributed by atoms with Crippen LogP contribution in [0.3, 0.4) is 0 Å². The lowest BCUT2D eigenvalue weighted by Gasteiger charge is -2.22. The van der Waals surface area contributed by atoms with Gasteiger partial charge in [-0.1, -0.05) is 35.9 Å². The van der Waals surface area contributed by atoms with Crippen molar-refractivity contribution in [1.29, 1.82) is 0 Å². The van der Waals surface area contributed by atoms with Gasteiger partial charge in [-0.3, -0.25) is 19.8 Å². The first kappa shape index (κ1) is 24.0. The summed E-state index contributed by atoms with van der Waals surface area (Å²) in [6.45, 7) is 3.00. The number of nitrogens with zero attached hydrogens (tertiary/aromatic N) is 4. The molecule has 0 aliphatic rings. The Hall–Kier alpha value is -2.26. The molecule has 3 rings (SSSR count). The van der Waals surface area contributed by atoms with Crippen LogP contribution in [0.4, 0.5) is 10.8 Å². The van der Waals surface area contributed by atoms with E-state index in [-0.39, 0.29) is 28.7 Å². The molecule has 0 aliphatic carbocycles. The van der Waals surface area contributed by atoms with Crippen molar-refractivity contribution in [2.45, 2.75) is 13.3 Å². The Kier molecular flexibility index (Phi) is 8.14. The molecule has 1 amide bonds. The number of benzene rings is 2. The summed E-state index contributed by atoms with van der Waals surface area (Å²) >= 11 is 7.43. The largest absolute Gasteiger partial charge is 0.308 e. The Morgan fingerprint density at radius 3 is 2.57 bits per heavy atom. The molecule has 0 radical (unpaired) electrons. The van der Waals surface area contributed by atoms with Gasteiger partial charge in [0.15, 0.2) is 5.13 Å². The van der Waals surface area contributed by atoms with E-state index in [9.17, 15) is 14.9 Å². The standard InChI is InChI=1S/C20H21ClN4O3S.ClH/c1-4-13-5-7-16-18(11-13)29-20(22-16)24(10-9-23(2)3)19(26)15-12-14(21)6-8-17(15)25(27)28;/h5-8,11-12H,4,9-10H2,1-3H3;1H. The number of nitro benzene ring substituents is 1. The van der Waals surface area contributed by atoms with Gasteiger partial charge in [-0.05, 0) is 50.3 Å². The van der Waals surface area contributed by atoms with Crippen LogP contribution in [0.5, 0.6) is 0 Å². The van der Waals surface area contributed by atoms with E-state index >= 15 is 0 Å². The van der Waals surface area contributed by atoms with Crippen molar-refractivity contribution in [3.05, 3.63) is 62.7 Å². The van der Waals surface area contributed by atoms with Crippen LogP contribution in [0.15, 0.2) is 36.4 Å². The van der Waals surface area contributed by atoms with Crippen molar-refractivity contribution in [1.82, 2.24) is 9.88 Å². The van der Waals surface area contributed by atoms with Crippen LogP contribution < -0.4 is 4.90 Å². The Morgan fingerprint density at radius 2 is 1.93 bits per heavy atom. The van der Waals surface area contributed by atoms with Gasteiger partial charge in [0.25, 0.3) is 11.6 Å². The summed E-state index contributed by atoms with van der Waals surface area (Å²) in [6, 6.07) is 10.0. The van der Waals surface area contributed by atoms with Crippen LogP contribution in [0.25, 0.3) is 10.2 Å². The molecule has 160 valence electrons. The Morgan fingerprint density at radius 1 is 1.20 bits per heavy atom. The number of thiazole rings is 1. The first-order chi connectivity index (χ1) is 13.8. The van der Waals surface area contributed by atoms with Gasteiger partial charge in [-0.25, -0.2) is 4.98 Å². The number of nitro groups is 1. The maximum absolute atomic E-state index is 13.3. The van der Waals surface area contributed by atoms with Crippen LogP contribution in [-0.4, -0.2) is 47.9 Å². The zero-order valence-electron chi connectivity index (χ0n) is 16.8. The number of hydrogen-bond donors (Lipinski definition) is 0. The highest BCUT2D eigenvalue weighted by Gasteiger charge is 2.28. The second kappa shape index (κ2) is 10.2. The molecule has 0 N–H and O–H groups in total. The fourth-order valence-electron chi connectivity index (χ4n) is 2.86. The third-order valence-corrected chi connectivity index (χ3v) is 5.76. The molecule has 0 aliphatic heterocycles. The second-order valence-electron chi connectivity index (χ2n) is 6.83. The monoisotopic (exact) mass is 468 g/mol. The maximum Gasteiger partial charge on any atom is 0.282 e. The molecule has 0 unspecified atom stereocenters. The number of carbonyl (C=O) groups excluding carboxylic acids is 1. The van der Waals surface area contributed by atoms with E-state index in [4.69, 9.17) is 11.6 Å². The Balaban J connectivity index is 0.00000320. The molecule has 1 heterocycles. The zero-order valence-corrected chi connectivity index (χ0v) is 19.2. The molecule has 0 atom stereocenters. The maximum atomic E-state index is 13.3. The fourth-order valence-corrected chi connectivity index (χ4v) is 4.09. The van der Waals surface area contributed by atoms with E-state index in [2.05, 4.69) is 18.0 Å². The van der Waals surface area contributed by atoms with Crippen LogP contribution >= 0.6 is 35.3 Å². The van der Waals surface area contributed by atoms with E-state index in [0.29, 0.717) is 18.2 Å². The summed E-state index contributed by atoms with van der Waals surface area (Å²) in [5, 5.41) is 12.2. The van der Waals surface area contributed by atoms with Gasteiger partial charge in [-0.15, -0.1) is 12.4 Å². The lowest BCUT2D eigenvalue weighted by molar-refractivity contribution is -0.385. The second-order valence-corrected chi connectivity index (χ2v) is 8.28. The molecule has 0 spiro atoms. The number of anilines is 1. The normalized spacial score (nSPS) is 10.8. The molecule has 1 aromatic heterocycles. The van der Waals surface area contributed by atoms with Gasteiger partial charge in [0.2, 0.25) is 0 Å². The summed E-state index contributed by atoms with van der Waals surface area (Å²) in [6.07, 6.45) is 0.904. The number of amides is 1. The number of rotatable bonds is 7. The smallest absolute Gasteiger partial charge is 0.282 e. The summed E-state index contributed by atoms with van der Waals surface area (Å²) in [7, 11) is 3.80. The number of fused-ring (bicyclic) bond motifs is 1. The highest BCUT2D eigenvalue weighted by Crippen LogP contribution is 2.32. The molecule has 10 heteroatoms. The minimum atomic E-state index is -0.570. The van der Waals surface area contributed by atoms with Gasteiger partial charge in [0, 0.05) is 24.2 Å². The number of aromatic nitrogens is 1. The molecule has 7 nitrogen and oxygen atoms in total. The summed E-state index contributed by atoms with van der Waals surface area (Å²) < 4.78 is 0.975. The first-order valence-electron chi connectivity index (χ1n) is 9.10. The molecular weight excluding hydrogens is 447 g/mol. The average Bonchev–Trinajstić information content (AvgIpc) is 3.10. The minimum Gasteiger partial charge on any atom is -0.308 e. The lowest BCUT2D eigenvalue weighted by Crippen LogP contribution is -2.37. The SMILES string of the molecule is CCc1ccc2nc(N(CCN(C)C)C(=O)c3cc(Cl)ccc3[N+](=O)[O-])sc2c1.Cl. The van der Waals surface area contributed by atoms with E-state index in [0.717, 1.165) is 16.6 Å². The summed E-state index contributed by atoms with van der Waals surface area (Å²) in [4.78, 5) is 32.3.